The standard InChI is InChI=1S/C24H23N3O4S/c1-15-4-6-18(7-5-15)24(29)25-19-8-11-21(12-9-19)32-17(3)23(28)26-22-13-10-20(27(30)31)14-16(22)2/h4-14,17H,1-3H3,(H,25,29)(H,26,28). The van der Waals surface area contributed by atoms with E-state index in [-0.39, 0.29) is 17.5 Å². The Morgan fingerprint density at radius 3 is 2.19 bits per heavy atom. The highest BCUT2D eigenvalue weighted by molar-refractivity contribution is 8.00. The topological polar surface area (TPSA) is 101 Å². The molecule has 1 atom stereocenters. The van der Waals surface area contributed by atoms with Crippen LogP contribution in [0.3, 0.4) is 0 Å². The maximum atomic E-state index is 12.6. The zero-order valence-electron chi connectivity index (χ0n) is 17.9. The Labute approximate surface area is 190 Å². The minimum absolute atomic E-state index is 0.0162. The van der Waals surface area contributed by atoms with Gasteiger partial charge in [-0.1, -0.05) is 17.7 Å². The average molecular weight is 450 g/mol. The first-order valence-electron chi connectivity index (χ1n) is 9.93. The van der Waals surface area contributed by atoms with Crippen molar-refractivity contribution in [1.82, 2.24) is 0 Å². The Morgan fingerprint density at radius 1 is 0.938 bits per heavy atom. The SMILES string of the molecule is Cc1ccc(C(=O)Nc2ccc(SC(C)C(=O)Nc3ccc([N+](=O)[O-])cc3C)cc2)cc1. The molecule has 1 unspecified atom stereocenters. The van der Waals surface area contributed by atoms with Crippen molar-refractivity contribution in [2.75, 3.05) is 10.6 Å². The smallest absolute Gasteiger partial charge is 0.269 e. The summed E-state index contributed by atoms with van der Waals surface area (Å²) < 4.78 is 0. The van der Waals surface area contributed by atoms with Gasteiger partial charge in [-0.2, -0.15) is 0 Å². The molecule has 0 spiro atoms. The Morgan fingerprint density at radius 2 is 1.59 bits per heavy atom. The molecule has 0 radical (unpaired) electrons. The summed E-state index contributed by atoms with van der Waals surface area (Å²) >= 11 is 1.38. The Hall–Kier alpha value is -3.65. The van der Waals surface area contributed by atoms with Crippen LogP contribution in [0.2, 0.25) is 0 Å². The quantitative estimate of drug-likeness (QED) is 0.278. The van der Waals surface area contributed by atoms with Gasteiger partial charge < -0.3 is 10.6 Å². The molecule has 2 amide bonds. The summed E-state index contributed by atoms with van der Waals surface area (Å²) in [6.07, 6.45) is 0. The van der Waals surface area contributed by atoms with Crippen molar-refractivity contribution in [3.8, 4) is 0 Å². The van der Waals surface area contributed by atoms with E-state index >= 15 is 0 Å². The van der Waals surface area contributed by atoms with E-state index in [2.05, 4.69) is 10.6 Å². The molecule has 0 heterocycles. The molecule has 0 saturated carbocycles. The second-order valence-electron chi connectivity index (χ2n) is 7.35. The van der Waals surface area contributed by atoms with Gasteiger partial charge in [-0.15, -0.1) is 11.8 Å². The fourth-order valence-electron chi connectivity index (χ4n) is 2.92. The van der Waals surface area contributed by atoms with Gasteiger partial charge in [-0.3, -0.25) is 19.7 Å². The van der Waals surface area contributed by atoms with Crippen LogP contribution in [0.4, 0.5) is 17.1 Å². The van der Waals surface area contributed by atoms with Gasteiger partial charge >= 0.3 is 0 Å². The van der Waals surface area contributed by atoms with Gasteiger partial charge in [0.2, 0.25) is 5.91 Å². The summed E-state index contributed by atoms with van der Waals surface area (Å²) in [6.45, 7) is 5.46. The van der Waals surface area contributed by atoms with E-state index in [1.165, 1.54) is 30.0 Å². The number of nitrogens with zero attached hydrogens (tertiary/aromatic N) is 1. The number of rotatable bonds is 7. The van der Waals surface area contributed by atoms with E-state index in [1.54, 1.807) is 38.1 Å². The number of thioether (sulfide) groups is 1. The molecule has 32 heavy (non-hydrogen) atoms. The highest BCUT2D eigenvalue weighted by Crippen LogP contribution is 2.27. The second-order valence-corrected chi connectivity index (χ2v) is 8.76. The van der Waals surface area contributed by atoms with Gasteiger partial charge in [0.25, 0.3) is 11.6 Å². The van der Waals surface area contributed by atoms with Crippen molar-refractivity contribution in [2.24, 2.45) is 0 Å². The lowest BCUT2D eigenvalue weighted by atomic mass is 10.1. The molecule has 8 heteroatoms. The third-order valence-corrected chi connectivity index (χ3v) is 5.90. The molecule has 0 aromatic heterocycles. The van der Waals surface area contributed by atoms with Crippen LogP contribution in [0.1, 0.15) is 28.4 Å². The monoisotopic (exact) mass is 449 g/mol. The minimum atomic E-state index is -0.468. The molecular formula is C24H23N3O4S. The number of carbonyl (C=O) groups excluding carboxylic acids is 2. The number of carbonyl (C=O) groups is 2. The molecule has 0 aliphatic heterocycles. The van der Waals surface area contributed by atoms with Gasteiger partial charge in [0.15, 0.2) is 0 Å². The fraction of sp³-hybridized carbons (Fsp3) is 0.167. The van der Waals surface area contributed by atoms with Gasteiger partial charge in [-0.25, -0.2) is 0 Å². The molecule has 0 aliphatic rings. The van der Waals surface area contributed by atoms with Gasteiger partial charge in [0, 0.05) is 34.0 Å². The van der Waals surface area contributed by atoms with Crippen molar-refractivity contribution in [3.05, 3.63) is 93.5 Å². The number of anilines is 2. The van der Waals surface area contributed by atoms with Crippen LogP contribution in [0, 0.1) is 24.0 Å². The number of nitrogens with one attached hydrogen (secondary N) is 2. The maximum absolute atomic E-state index is 12.6. The number of hydrogen-bond acceptors (Lipinski definition) is 5. The normalized spacial score (nSPS) is 11.5. The van der Waals surface area contributed by atoms with Crippen molar-refractivity contribution in [3.63, 3.8) is 0 Å². The minimum Gasteiger partial charge on any atom is -0.325 e. The van der Waals surface area contributed by atoms with Crippen LogP contribution in [-0.4, -0.2) is 22.0 Å². The van der Waals surface area contributed by atoms with E-state index in [9.17, 15) is 19.7 Å². The lowest BCUT2D eigenvalue weighted by Gasteiger charge is -2.14. The summed E-state index contributed by atoms with van der Waals surface area (Å²) in [6, 6.07) is 18.9. The number of nitro benzene ring substituents is 1. The zero-order chi connectivity index (χ0) is 23.3. The van der Waals surface area contributed by atoms with Crippen LogP contribution in [0.15, 0.2) is 71.6 Å². The maximum Gasteiger partial charge on any atom is 0.269 e. The van der Waals surface area contributed by atoms with E-state index < -0.39 is 10.2 Å². The van der Waals surface area contributed by atoms with Crippen molar-refractivity contribution in [2.45, 2.75) is 30.9 Å². The molecular weight excluding hydrogens is 426 g/mol. The van der Waals surface area contributed by atoms with Crippen molar-refractivity contribution >= 4 is 40.6 Å². The van der Waals surface area contributed by atoms with Crippen molar-refractivity contribution < 1.29 is 14.5 Å². The van der Waals surface area contributed by atoms with E-state index in [1.807, 2.05) is 31.2 Å². The van der Waals surface area contributed by atoms with Gasteiger partial charge in [0.1, 0.15) is 0 Å². The molecule has 0 bridgehead atoms. The Kier molecular flexibility index (Phi) is 7.27. The number of aryl methyl sites for hydroxylation is 2. The first-order valence-corrected chi connectivity index (χ1v) is 10.8. The number of benzene rings is 3. The average Bonchev–Trinajstić information content (AvgIpc) is 2.76. The summed E-state index contributed by atoms with van der Waals surface area (Å²) in [5.74, 6) is -0.389. The first kappa shape index (κ1) is 23.0. The third-order valence-electron chi connectivity index (χ3n) is 4.79. The molecule has 0 saturated heterocycles. The summed E-state index contributed by atoms with van der Waals surface area (Å²) in [4.78, 5) is 36.2. The lowest BCUT2D eigenvalue weighted by molar-refractivity contribution is -0.384. The van der Waals surface area contributed by atoms with E-state index in [0.29, 0.717) is 22.5 Å². The van der Waals surface area contributed by atoms with Crippen molar-refractivity contribution in [1.29, 1.82) is 0 Å². The van der Waals surface area contributed by atoms with E-state index in [4.69, 9.17) is 0 Å². The number of nitro groups is 1. The second kappa shape index (κ2) is 10.1. The summed E-state index contributed by atoms with van der Waals surface area (Å²) in [7, 11) is 0. The lowest BCUT2D eigenvalue weighted by Crippen LogP contribution is -2.22. The Balaban J connectivity index is 1.57. The highest BCUT2D eigenvalue weighted by atomic mass is 32.2. The predicted molar refractivity (Wildman–Crippen MR) is 127 cm³/mol. The number of hydrogen-bond donors (Lipinski definition) is 2. The molecule has 3 aromatic rings. The van der Waals surface area contributed by atoms with Crippen LogP contribution in [0.25, 0.3) is 0 Å². The summed E-state index contributed by atoms with van der Waals surface area (Å²) in [5.41, 5.74) is 3.49. The number of amides is 2. The number of non-ortho nitro benzene ring substituents is 1. The predicted octanol–water partition coefficient (Wildman–Crippen LogP) is 5.58. The molecule has 164 valence electrons. The molecule has 7 nitrogen and oxygen atoms in total. The van der Waals surface area contributed by atoms with E-state index in [0.717, 1.165) is 10.5 Å². The van der Waals surface area contributed by atoms with Crippen LogP contribution < -0.4 is 10.6 Å². The van der Waals surface area contributed by atoms with Crippen LogP contribution >= 0.6 is 11.8 Å². The molecule has 3 aromatic carbocycles. The first-order chi connectivity index (χ1) is 15.2. The Bertz CT molecular complexity index is 1140. The molecule has 2 N–H and O–H groups in total. The highest BCUT2D eigenvalue weighted by Gasteiger charge is 2.17. The molecule has 0 fully saturated rings. The summed E-state index contributed by atoms with van der Waals surface area (Å²) in [5, 5.41) is 16.1. The van der Waals surface area contributed by atoms with Gasteiger partial charge in [0.05, 0.1) is 10.2 Å². The molecule has 3 rings (SSSR count). The zero-order valence-corrected chi connectivity index (χ0v) is 18.7. The third kappa shape index (κ3) is 5.95. The van der Waals surface area contributed by atoms with Crippen LogP contribution in [-0.2, 0) is 4.79 Å². The molecule has 0 aliphatic carbocycles. The van der Waals surface area contributed by atoms with Crippen LogP contribution in [0.5, 0.6) is 0 Å². The van der Waals surface area contributed by atoms with Gasteiger partial charge in [-0.05, 0) is 68.8 Å². The fourth-order valence-corrected chi connectivity index (χ4v) is 3.79. The largest absolute Gasteiger partial charge is 0.325 e.